The molecular weight excluding hydrogens is 517 g/mol. The number of ether oxygens (including phenoxy) is 1. The monoisotopic (exact) mass is 553 g/mol. The smallest absolute Gasteiger partial charge is 0.319 e. The molecule has 2 N–H and O–H groups in total. The molecule has 4 heterocycles. The van der Waals surface area contributed by atoms with E-state index in [0.717, 1.165) is 61.9 Å². The van der Waals surface area contributed by atoms with Crippen molar-refractivity contribution in [1.29, 1.82) is 0 Å². The van der Waals surface area contributed by atoms with Crippen molar-refractivity contribution in [2.24, 2.45) is 5.41 Å². The molecule has 1 aliphatic carbocycles. The number of aromatic nitrogens is 2. The van der Waals surface area contributed by atoms with Crippen LogP contribution in [-0.2, 0) is 0 Å². The van der Waals surface area contributed by atoms with Gasteiger partial charge in [0.1, 0.15) is 17.1 Å². The zero-order valence-electron chi connectivity index (χ0n) is 23.3. The number of piperazine rings is 1. The average Bonchev–Trinajstić information content (AvgIpc) is 3.38. The Kier molecular flexibility index (Phi) is 6.04. The molecule has 3 saturated heterocycles. The maximum Gasteiger partial charge on any atom is 0.319 e. The lowest BCUT2D eigenvalue weighted by molar-refractivity contribution is 0.170. The molecule has 4 fully saturated rings. The van der Waals surface area contributed by atoms with Crippen molar-refractivity contribution in [2.75, 3.05) is 44.2 Å². The van der Waals surface area contributed by atoms with Gasteiger partial charge in [0.05, 0.1) is 6.61 Å². The molecule has 41 heavy (non-hydrogen) atoms. The number of likely N-dealkylation sites (tertiary alicyclic amines) is 1. The van der Waals surface area contributed by atoms with Gasteiger partial charge in [-0.15, -0.1) is 0 Å². The Bertz CT molecular complexity index is 1620. The number of halogens is 1. The van der Waals surface area contributed by atoms with Crippen molar-refractivity contribution < 1.29 is 14.2 Å². The van der Waals surface area contributed by atoms with Crippen LogP contribution >= 0.6 is 0 Å². The molecule has 4 aromatic rings. The van der Waals surface area contributed by atoms with Gasteiger partial charge in [-0.25, -0.2) is 4.39 Å². The Balaban J connectivity index is 1.20. The Morgan fingerprint density at radius 3 is 2.51 bits per heavy atom. The number of rotatable bonds is 7. The van der Waals surface area contributed by atoms with Crippen molar-refractivity contribution in [3.63, 3.8) is 0 Å². The predicted octanol–water partition coefficient (Wildman–Crippen LogP) is 5.49. The highest BCUT2D eigenvalue weighted by Gasteiger charge is 2.45. The van der Waals surface area contributed by atoms with E-state index in [9.17, 15) is 5.11 Å². The summed E-state index contributed by atoms with van der Waals surface area (Å²) in [4.78, 5) is 14.5. The number of fused-ring (bicyclic) bond motifs is 4. The number of anilines is 1. The summed E-state index contributed by atoms with van der Waals surface area (Å²) in [7, 11) is 0. The number of nitrogens with one attached hydrogen (secondary N) is 1. The van der Waals surface area contributed by atoms with Crippen LogP contribution in [0.3, 0.4) is 0 Å². The molecule has 1 saturated carbocycles. The number of phenolic OH excluding ortho intramolecular Hbond substituents is 1. The lowest BCUT2D eigenvalue weighted by Crippen LogP contribution is -2.51. The third-order valence-corrected chi connectivity index (χ3v) is 9.64. The van der Waals surface area contributed by atoms with E-state index >= 15 is 4.39 Å². The Hall–Kier alpha value is -3.49. The van der Waals surface area contributed by atoms with Gasteiger partial charge in [-0.2, -0.15) is 9.97 Å². The lowest BCUT2D eigenvalue weighted by Gasteiger charge is -2.34. The first-order valence-corrected chi connectivity index (χ1v) is 15.1. The van der Waals surface area contributed by atoms with Gasteiger partial charge in [0, 0.05) is 48.1 Å². The summed E-state index contributed by atoms with van der Waals surface area (Å²) in [5.74, 6) is 0.441. The van der Waals surface area contributed by atoms with Gasteiger partial charge < -0.3 is 25.0 Å². The van der Waals surface area contributed by atoms with Gasteiger partial charge in [-0.05, 0) is 86.1 Å². The summed E-state index contributed by atoms with van der Waals surface area (Å²) in [6.45, 7) is 5.61. The minimum atomic E-state index is -0.414. The van der Waals surface area contributed by atoms with Gasteiger partial charge in [0.15, 0.2) is 5.82 Å². The Morgan fingerprint density at radius 2 is 1.73 bits per heavy atom. The molecule has 0 radical (unpaired) electrons. The van der Waals surface area contributed by atoms with E-state index < -0.39 is 5.82 Å². The molecule has 212 valence electrons. The summed E-state index contributed by atoms with van der Waals surface area (Å²) in [5, 5.41) is 16.6. The second-order valence-electron chi connectivity index (χ2n) is 12.7. The first-order valence-electron chi connectivity index (χ1n) is 15.1. The van der Waals surface area contributed by atoms with Crippen LogP contribution in [0.2, 0.25) is 0 Å². The fraction of sp³-hybridized carbons (Fsp3) is 0.455. The van der Waals surface area contributed by atoms with Crippen molar-refractivity contribution in [3.05, 3.63) is 54.3 Å². The number of benzene rings is 3. The second kappa shape index (κ2) is 9.81. The summed E-state index contributed by atoms with van der Waals surface area (Å²) in [6, 6.07) is 15.9. The molecule has 3 aromatic carbocycles. The van der Waals surface area contributed by atoms with Gasteiger partial charge >= 0.3 is 6.01 Å². The van der Waals surface area contributed by atoms with Crippen LogP contribution in [0.4, 0.5) is 10.2 Å². The van der Waals surface area contributed by atoms with Crippen molar-refractivity contribution in [3.8, 4) is 22.9 Å². The van der Waals surface area contributed by atoms with Gasteiger partial charge in [-0.3, -0.25) is 0 Å². The highest BCUT2D eigenvalue weighted by atomic mass is 19.1. The number of phenols is 1. The topological polar surface area (TPSA) is 73.8 Å². The zero-order valence-corrected chi connectivity index (χ0v) is 23.3. The number of nitrogens with zero attached hydrogens (tertiary/aromatic N) is 4. The van der Waals surface area contributed by atoms with Crippen LogP contribution in [0, 0.1) is 11.2 Å². The molecule has 8 rings (SSSR count). The third-order valence-electron chi connectivity index (χ3n) is 9.64. The van der Waals surface area contributed by atoms with E-state index in [4.69, 9.17) is 14.7 Å². The third kappa shape index (κ3) is 4.67. The van der Waals surface area contributed by atoms with Crippen LogP contribution in [0.25, 0.3) is 32.8 Å². The molecule has 7 nitrogen and oxygen atoms in total. The molecule has 1 aromatic heterocycles. The van der Waals surface area contributed by atoms with Gasteiger partial charge in [0.25, 0.3) is 0 Å². The average molecular weight is 554 g/mol. The Labute approximate surface area is 239 Å². The van der Waals surface area contributed by atoms with E-state index in [1.807, 2.05) is 30.3 Å². The van der Waals surface area contributed by atoms with E-state index in [2.05, 4.69) is 15.1 Å². The highest BCUT2D eigenvalue weighted by molar-refractivity contribution is 6.01. The van der Waals surface area contributed by atoms with E-state index in [1.54, 1.807) is 18.2 Å². The minimum Gasteiger partial charge on any atom is -0.508 e. The number of hydrogen-bond acceptors (Lipinski definition) is 7. The van der Waals surface area contributed by atoms with E-state index in [0.29, 0.717) is 35.2 Å². The predicted molar refractivity (Wildman–Crippen MR) is 159 cm³/mol. The van der Waals surface area contributed by atoms with E-state index in [1.165, 1.54) is 25.9 Å². The number of aromatic hydroxyl groups is 1. The molecule has 2 atom stereocenters. The molecule has 2 unspecified atom stereocenters. The largest absolute Gasteiger partial charge is 0.508 e. The maximum atomic E-state index is 16.6. The molecule has 3 aliphatic heterocycles. The van der Waals surface area contributed by atoms with Gasteiger partial charge in [0.2, 0.25) is 0 Å². The van der Waals surface area contributed by atoms with Crippen molar-refractivity contribution >= 4 is 27.5 Å². The second-order valence-corrected chi connectivity index (χ2v) is 12.7. The number of hydrogen-bond donors (Lipinski definition) is 2. The first-order chi connectivity index (χ1) is 20.0. The molecule has 0 spiro atoms. The normalized spacial score (nSPS) is 23.5. The molecule has 8 heteroatoms. The standard InChI is InChI=1S/C33H36FN5O2/c34-29-26(28-16-24(40)15-21-5-1-2-6-25(21)28)9-10-27-30(29)36-32(37-31(27)39-17-22-7-8-23(18-39)35-22)41-20-33(11-12-33)19-38-13-3-4-14-38/h1-2,5-6,9-10,15-16,22-23,35,40H,3-4,7-8,11-14,17-20H2. The van der Waals surface area contributed by atoms with Crippen LogP contribution < -0.4 is 15.0 Å². The molecular formula is C33H36FN5O2. The van der Waals surface area contributed by atoms with Crippen LogP contribution in [0.15, 0.2) is 48.5 Å². The highest BCUT2D eigenvalue weighted by Crippen LogP contribution is 2.47. The SMILES string of the molecule is Oc1cc(-c2ccc3c(N4CC5CCC(C4)N5)nc(OCC4(CN5CCCC5)CC4)nc3c2F)c2ccccc2c1. The van der Waals surface area contributed by atoms with Crippen LogP contribution in [0.1, 0.15) is 38.5 Å². The van der Waals surface area contributed by atoms with E-state index in [-0.39, 0.29) is 22.7 Å². The summed E-state index contributed by atoms with van der Waals surface area (Å²) in [5.41, 5.74) is 1.47. The summed E-state index contributed by atoms with van der Waals surface area (Å²) < 4.78 is 22.9. The summed E-state index contributed by atoms with van der Waals surface area (Å²) >= 11 is 0. The fourth-order valence-electron chi connectivity index (χ4n) is 7.28. The van der Waals surface area contributed by atoms with Crippen LogP contribution in [-0.4, -0.2) is 71.4 Å². The lowest BCUT2D eigenvalue weighted by atomic mass is 9.96. The molecule has 4 aliphatic rings. The summed E-state index contributed by atoms with van der Waals surface area (Å²) in [6.07, 6.45) is 7.14. The van der Waals surface area contributed by atoms with Crippen LogP contribution in [0.5, 0.6) is 11.8 Å². The van der Waals surface area contributed by atoms with Crippen molar-refractivity contribution in [2.45, 2.75) is 50.6 Å². The minimum absolute atomic E-state index is 0.106. The molecule has 2 bridgehead atoms. The Morgan fingerprint density at radius 1 is 0.951 bits per heavy atom. The fourth-order valence-corrected chi connectivity index (χ4v) is 7.28. The molecule has 0 amide bonds. The van der Waals surface area contributed by atoms with Gasteiger partial charge in [-0.1, -0.05) is 30.3 Å². The van der Waals surface area contributed by atoms with Crippen molar-refractivity contribution in [1.82, 2.24) is 20.2 Å². The first kappa shape index (κ1) is 25.2. The zero-order chi connectivity index (χ0) is 27.6. The quantitative estimate of drug-likeness (QED) is 0.314. The maximum absolute atomic E-state index is 16.6.